The summed E-state index contributed by atoms with van der Waals surface area (Å²) in [4.78, 5) is 27.5. The van der Waals surface area contributed by atoms with Gasteiger partial charge in [-0.05, 0) is 25.2 Å². The van der Waals surface area contributed by atoms with Crippen LogP contribution in [0, 0.1) is 5.92 Å². The maximum absolute atomic E-state index is 12.7. The first-order chi connectivity index (χ1) is 10.0. The first-order valence-corrected chi connectivity index (χ1v) is 8.97. The van der Waals surface area contributed by atoms with Crippen LogP contribution < -0.4 is 0 Å². The molecule has 0 aromatic rings. The van der Waals surface area contributed by atoms with Gasteiger partial charge in [-0.15, -0.1) is 11.8 Å². The Balaban J connectivity index is 2.02. The average Bonchev–Trinajstić information content (AvgIpc) is 3.07. The molecule has 2 atom stereocenters. The third-order valence-corrected chi connectivity index (χ3v) is 5.82. The topological polar surface area (TPSA) is 60.9 Å². The van der Waals surface area contributed by atoms with E-state index in [4.69, 9.17) is 0 Å². The van der Waals surface area contributed by atoms with Gasteiger partial charge in [-0.2, -0.15) is 0 Å². The zero-order valence-corrected chi connectivity index (χ0v) is 13.8. The molecule has 2 rings (SSSR count). The molecule has 0 bridgehead atoms. The predicted octanol–water partition coefficient (Wildman–Crippen LogP) is 2.86. The van der Waals surface area contributed by atoms with E-state index in [2.05, 4.69) is 6.92 Å². The second-order valence-corrected chi connectivity index (χ2v) is 7.36. The van der Waals surface area contributed by atoms with Crippen molar-refractivity contribution in [2.24, 2.45) is 5.92 Å². The number of hydrogen-bond donors (Lipinski definition) is 1. The molecule has 1 heterocycles. The second kappa shape index (κ2) is 7.38. The van der Waals surface area contributed by atoms with Gasteiger partial charge >= 0.3 is 12.0 Å². The molecule has 120 valence electrons. The van der Waals surface area contributed by atoms with Crippen molar-refractivity contribution in [1.29, 1.82) is 0 Å². The highest BCUT2D eigenvalue weighted by atomic mass is 32.2. The Hall–Kier alpha value is -0.910. The van der Waals surface area contributed by atoms with E-state index in [0.29, 0.717) is 11.7 Å². The van der Waals surface area contributed by atoms with Gasteiger partial charge in [0, 0.05) is 19.3 Å². The van der Waals surface area contributed by atoms with E-state index in [-0.39, 0.29) is 11.4 Å². The maximum atomic E-state index is 12.7. The van der Waals surface area contributed by atoms with E-state index in [1.165, 1.54) is 25.7 Å². The first-order valence-electron chi connectivity index (χ1n) is 7.92. The molecule has 2 amide bonds. The van der Waals surface area contributed by atoms with Gasteiger partial charge < -0.3 is 10.0 Å². The molecule has 0 radical (unpaired) electrons. The standard InChI is InChI=1S/C15H26N2O3S/c1-3-6-13-17(12(10-21-13)14(18)19)15(20)16(2)9-11-7-4-5-8-11/h11-13H,3-10H2,1-2H3,(H,18,19). The normalized spacial score (nSPS) is 26.3. The van der Waals surface area contributed by atoms with Crippen molar-refractivity contribution in [3.05, 3.63) is 0 Å². The van der Waals surface area contributed by atoms with Gasteiger partial charge in [0.2, 0.25) is 0 Å². The lowest BCUT2D eigenvalue weighted by Crippen LogP contribution is -2.51. The summed E-state index contributed by atoms with van der Waals surface area (Å²) in [5.41, 5.74) is 0. The van der Waals surface area contributed by atoms with Gasteiger partial charge in [-0.1, -0.05) is 26.2 Å². The molecule has 5 nitrogen and oxygen atoms in total. The van der Waals surface area contributed by atoms with Crippen LogP contribution in [0.15, 0.2) is 0 Å². The van der Waals surface area contributed by atoms with Crippen molar-refractivity contribution in [3.8, 4) is 0 Å². The van der Waals surface area contributed by atoms with Crippen LogP contribution in [0.25, 0.3) is 0 Å². The second-order valence-electron chi connectivity index (χ2n) is 6.15. The zero-order valence-electron chi connectivity index (χ0n) is 13.0. The number of aliphatic carboxylic acids is 1. The number of urea groups is 1. The van der Waals surface area contributed by atoms with E-state index in [1.807, 2.05) is 7.05 Å². The lowest BCUT2D eigenvalue weighted by molar-refractivity contribution is -0.141. The van der Waals surface area contributed by atoms with Gasteiger partial charge in [0.25, 0.3) is 0 Å². The van der Waals surface area contributed by atoms with Gasteiger partial charge in [0.05, 0.1) is 5.37 Å². The third-order valence-electron chi connectivity index (χ3n) is 4.47. The number of carboxylic acids is 1. The molecular formula is C15H26N2O3S. The summed E-state index contributed by atoms with van der Waals surface area (Å²) in [6.45, 7) is 2.82. The number of carboxylic acid groups (broad SMARTS) is 1. The van der Waals surface area contributed by atoms with E-state index >= 15 is 0 Å². The number of carbonyl (C=O) groups is 2. The fourth-order valence-electron chi connectivity index (χ4n) is 3.34. The van der Waals surface area contributed by atoms with Crippen molar-refractivity contribution in [2.75, 3.05) is 19.3 Å². The third kappa shape index (κ3) is 3.84. The molecule has 21 heavy (non-hydrogen) atoms. The molecule has 2 fully saturated rings. The van der Waals surface area contributed by atoms with Crippen molar-refractivity contribution in [2.45, 2.75) is 56.9 Å². The molecule has 1 N–H and O–H groups in total. The van der Waals surface area contributed by atoms with Gasteiger partial charge in [0.1, 0.15) is 6.04 Å². The van der Waals surface area contributed by atoms with Crippen molar-refractivity contribution in [3.63, 3.8) is 0 Å². The van der Waals surface area contributed by atoms with Crippen LogP contribution in [0.2, 0.25) is 0 Å². The molecule has 1 saturated carbocycles. The molecule has 0 aromatic carbocycles. The highest BCUT2D eigenvalue weighted by Gasteiger charge is 2.42. The molecule has 1 aliphatic heterocycles. The predicted molar refractivity (Wildman–Crippen MR) is 84.4 cm³/mol. The molecule has 0 spiro atoms. The van der Waals surface area contributed by atoms with E-state index in [1.54, 1.807) is 21.6 Å². The summed E-state index contributed by atoms with van der Waals surface area (Å²) in [6.07, 6.45) is 6.70. The van der Waals surface area contributed by atoms with Gasteiger partial charge in [-0.3, -0.25) is 4.90 Å². The minimum absolute atomic E-state index is 0.00891. The van der Waals surface area contributed by atoms with Gasteiger partial charge in [-0.25, -0.2) is 9.59 Å². The maximum Gasteiger partial charge on any atom is 0.327 e. The monoisotopic (exact) mass is 314 g/mol. The summed E-state index contributed by atoms with van der Waals surface area (Å²) in [5.74, 6) is 0.203. The van der Waals surface area contributed by atoms with Crippen LogP contribution in [-0.2, 0) is 4.79 Å². The number of thioether (sulfide) groups is 1. The number of amides is 2. The molecule has 6 heteroatoms. The Bertz CT molecular complexity index is 385. The van der Waals surface area contributed by atoms with Crippen molar-refractivity contribution < 1.29 is 14.7 Å². The molecule has 0 aromatic heterocycles. The molecule has 2 unspecified atom stereocenters. The highest BCUT2D eigenvalue weighted by molar-refractivity contribution is 8.00. The van der Waals surface area contributed by atoms with Crippen molar-refractivity contribution in [1.82, 2.24) is 9.80 Å². The molecule has 2 aliphatic rings. The summed E-state index contributed by atoms with van der Waals surface area (Å²) in [5, 5.41) is 9.37. The molecular weight excluding hydrogens is 288 g/mol. The molecule has 1 saturated heterocycles. The SMILES string of the molecule is CCCC1SCC(C(=O)O)N1C(=O)N(C)CC1CCCC1. The smallest absolute Gasteiger partial charge is 0.327 e. The average molecular weight is 314 g/mol. The van der Waals surface area contributed by atoms with Crippen LogP contribution in [0.1, 0.15) is 45.4 Å². The largest absolute Gasteiger partial charge is 0.480 e. The van der Waals surface area contributed by atoms with E-state index < -0.39 is 12.0 Å². The zero-order chi connectivity index (χ0) is 15.4. The van der Waals surface area contributed by atoms with Crippen molar-refractivity contribution >= 4 is 23.8 Å². The van der Waals surface area contributed by atoms with Gasteiger partial charge in [0.15, 0.2) is 0 Å². The quantitative estimate of drug-likeness (QED) is 0.847. The van der Waals surface area contributed by atoms with Crippen LogP contribution in [-0.4, -0.2) is 57.7 Å². The number of rotatable bonds is 5. The van der Waals surface area contributed by atoms with Crippen LogP contribution >= 0.6 is 11.8 Å². The Morgan fingerprint density at radius 3 is 2.57 bits per heavy atom. The summed E-state index contributed by atoms with van der Waals surface area (Å²) in [6, 6.07) is -0.789. The first kappa shape index (κ1) is 16.5. The van der Waals surface area contributed by atoms with Crippen LogP contribution in [0.5, 0.6) is 0 Å². The number of nitrogens with zero attached hydrogens (tertiary/aromatic N) is 2. The fraction of sp³-hybridized carbons (Fsp3) is 0.867. The Labute approximate surface area is 131 Å². The number of carbonyl (C=O) groups excluding carboxylic acids is 1. The van der Waals surface area contributed by atoms with Crippen LogP contribution in [0.4, 0.5) is 4.79 Å². The van der Waals surface area contributed by atoms with E-state index in [9.17, 15) is 14.7 Å². The summed E-state index contributed by atoms with van der Waals surface area (Å²) < 4.78 is 0. The summed E-state index contributed by atoms with van der Waals surface area (Å²) >= 11 is 1.60. The Kier molecular flexibility index (Phi) is 5.79. The Morgan fingerprint density at radius 1 is 1.33 bits per heavy atom. The van der Waals surface area contributed by atoms with Crippen LogP contribution in [0.3, 0.4) is 0 Å². The fourth-order valence-corrected chi connectivity index (χ4v) is 4.84. The lowest BCUT2D eigenvalue weighted by Gasteiger charge is -2.32. The minimum atomic E-state index is -0.885. The Morgan fingerprint density at radius 2 is 2.00 bits per heavy atom. The summed E-state index contributed by atoms with van der Waals surface area (Å²) in [7, 11) is 1.81. The lowest BCUT2D eigenvalue weighted by atomic mass is 10.1. The highest BCUT2D eigenvalue weighted by Crippen LogP contribution is 2.33. The minimum Gasteiger partial charge on any atom is -0.480 e. The van der Waals surface area contributed by atoms with E-state index in [0.717, 1.165) is 19.4 Å². The number of hydrogen-bond acceptors (Lipinski definition) is 3. The molecule has 1 aliphatic carbocycles.